The predicted molar refractivity (Wildman–Crippen MR) is 88.8 cm³/mol. The van der Waals surface area contributed by atoms with Crippen molar-refractivity contribution in [3.63, 3.8) is 0 Å². The fourth-order valence-electron chi connectivity index (χ4n) is 3.84. The van der Waals surface area contributed by atoms with E-state index < -0.39 is 0 Å². The van der Waals surface area contributed by atoms with Gasteiger partial charge in [0.25, 0.3) is 0 Å². The van der Waals surface area contributed by atoms with Gasteiger partial charge in [-0.05, 0) is 50.3 Å². The number of aromatic nitrogens is 1. The highest BCUT2D eigenvalue weighted by atomic mass is 35.5. The van der Waals surface area contributed by atoms with E-state index in [4.69, 9.17) is 16.6 Å². The third kappa shape index (κ3) is 3.51. The number of pyridine rings is 1. The maximum absolute atomic E-state index is 6.37. The van der Waals surface area contributed by atoms with E-state index in [1.807, 2.05) is 12.1 Å². The lowest BCUT2D eigenvalue weighted by atomic mass is 9.85. The van der Waals surface area contributed by atoms with Crippen LogP contribution >= 0.6 is 11.6 Å². The second-order valence-corrected chi connectivity index (χ2v) is 6.83. The normalized spacial score (nSPS) is 25.8. The fourth-order valence-corrected chi connectivity index (χ4v) is 4.00. The van der Waals surface area contributed by atoms with Crippen LogP contribution < -0.4 is 5.32 Å². The Morgan fingerprint density at radius 2 is 2.14 bits per heavy atom. The van der Waals surface area contributed by atoms with Crippen molar-refractivity contribution in [2.45, 2.75) is 58.0 Å². The minimum Gasteiger partial charge on any atom is -0.370 e. The van der Waals surface area contributed by atoms with Crippen molar-refractivity contribution in [2.24, 2.45) is 5.92 Å². The number of likely N-dealkylation sites (tertiary alicyclic amines) is 1. The highest BCUT2D eigenvalue weighted by Gasteiger charge is 2.35. The Morgan fingerprint density at radius 3 is 3.00 bits per heavy atom. The number of nitrogens with zero attached hydrogens (tertiary/aromatic N) is 2. The van der Waals surface area contributed by atoms with Gasteiger partial charge in [0.1, 0.15) is 5.82 Å². The average Bonchev–Trinajstić information content (AvgIpc) is 2.91. The number of nitrogens with one attached hydrogen (secondary N) is 1. The second kappa shape index (κ2) is 6.97. The molecule has 3 nitrogen and oxygen atoms in total. The van der Waals surface area contributed by atoms with E-state index in [2.05, 4.69) is 17.1 Å². The largest absolute Gasteiger partial charge is 0.370 e. The third-order valence-electron chi connectivity index (χ3n) is 4.95. The number of hydrogen-bond acceptors (Lipinski definition) is 3. The molecule has 2 heterocycles. The van der Waals surface area contributed by atoms with Gasteiger partial charge in [-0.15, -0.1) is 0 Å². The van der Waals surface area contributed by atoms with Crippen LogP contribution in [0.2, 0.25) is 5.02 Å². The quantitative estimate of drug-likeness (QED) is 0.878. The van der Waals surface area contributed by atoms with E-state index in [-0.39, 0.29) is 0 Å². The van der Waals surface area contributed by atoms with Crippen molar-refractivity contribution in [3.05, 3.63) is 22.8 Å². The highest BCUT2D eigenvalue weighted by Crippen LogP contribution is 2.37. The predicted octanol–water partition coefficient (Wildman–Crippen LogP) is 4.32. The summed E-state index contributed by atoms with van der Waals surface area (Å²) in [7, 11) is 0. The summed E-state index contributed by atoms with van der Waals surface area (Å²) in [6.45, 7) is 5.24. The van der Waals surface area contributed by atoms with Crippen molar-refractivity contribution in [3.8, 4) is 0 Å². The molecule has 1 saturated heterocycles. The van der Waals surface area contributed by atoms with Gasteiger partial charge in [0, 0.05) is 19.1 Å². The Kier molecular flexibility index (Phi) is 5.02. The SMILES string of the molecule is CCCNc1ccc(Cl)c(CN2CCC3CCCCC32)n1. The second-order valence-electron chi connectivity index (χ2n) is 6.42. The van der Waals surface area contributed by atoms with Crippen LogP contribution in [-0.4, -0.2) is 29.0 Å². The van der Waals surface area contributed by atoms with Crippen LogP contribution in [0.1, 0.15) is 51.1 Å². The first-order valence-electron chi connectivity index (χ1n) is 8.41. The monoisotopic (exact) mass is 307 g/mol. The molecule has 0 radical (unpaired) electrons. The minimum atomic E-state index is 0.767. The van der Waals surface area contributed by atoms with Crippen LogP contribution in [0.25, 0.3) is 0 Å². The van der Waals surface area contributed by atoms with Crippen molar-refractivity contribution >= 4 is 17.4 Å². The summed E-state index contributed by atoms with van der Waals surface area (Å²) < 4.78 is 0. The van der Waals surface area contributed by atoms with Crippen molar-refractivity contribution in [1.82, 2.24) is 9.88 Å². The zero-order chi connectivity index (χ0) is 14.7. The lowest BCUT2D eigenvalue weighted by Gasteiger charge is -2.31. The first kappa shape index (κ1) is 15.1. The maximum atomic E-state index is 6.37. The zero-order valence-electron chi connectivity index (χ0n) is 12.9. The molecular formula is C17H26ClN3. The third-order valence-corrected chi connectivity index (χ3v) is 5.30. The maximum Gasteiger partial charge on any atom is 0.126 e. The van der Waals surface area contributed by atoms with Gasteiger partial charge in [-0.1, -0.05) is 31.4 Å². The van der Waals surface area contributed by atoms with Crippen LogP contribution in [0, 0.1) is 5.92 Å². The molecule has 21 heavy (non-hydrogen) atoms. The molecule has 1 aromatic rings. The molecule has 116 valence electrons. The standard InChI is InChI=1S/C17H26ClN3/c1-2-10-19-17-8-7-14(18)15(20-17)12-21-11-9-13-5-3-4-6-16(13)21/h7-8,13,16H,2-6,9-12H2,1H3,(H,19,20). The Morgan fingerprint density at radius 1 is 1.29 bits per heavy atom. The van der Waals surface area contributed by atoms with E-state index in [1.165, 1.54) is 38.6 Å². The molecule has 2 aliphatic rings. The molecule has 2 fully saturated rings. The number of hydrogen-bond donors (Lipinski definition) is 1. The van der Waals surface area contributed by atoms with Gasteiger partial charge in [-0.2, -0.15) is 0 Å². The first-order chi connectivity index (χ1) is 10.3. The van der Waals surface area contributed by atoms with Crippen LogP contribution in [0.3, 0.4) is 0 Å². The van der Waals surface area contributed by atoms with Gasteiger partial charge in [-0.25, -0.2) is 4.98 Å². The first-order valence-corrected chi connectivity index (χ1v) is 8.79. The molecule has 2 atom stereocenters. The number of fused-ring (bicyclic) bond motifs is 1. The fraction of sp³-hybridized carbons (Fsp3) is 0.706. The summed E-state index contributed by atoms with van der Waals surface area (Å²) in [4.78, 5) is 7.34. The van der Waals surface area contributed by atoms with Crippen LogP contribution in [-0.2, 0) is 6.54 Å². The summed E-state index contributed by atoms with van der Waals surface area (Å²) >= 11 is 6.37. The molecule has 1 aliphatic heterocycles. The summed E-state index contributed by atoms with van der Waals surface area (Å²) in [5, 5.41) is 4.16. The van der Waals surface area contributed by atoms with Gasteiger partial charge < -0.3 is 5.32 Å². The van der Waals surface area contributed by atoms with Crippen LogP contribution in [0.5, 0.6) is 0 Å². The molecule has 1 saturated carbocycles. The Balaban J connectivity index is 1.69. The van der Waals surface area contributed by atoms with E-state index in [1.54, 1.807) is 0 Å². The molecular weight excluding hydrogens is 282 g/mol. The average molecular weight is 308 g/mol. The number of anilines is 1. The molecule has 2 unspecified atom stereocenters. The number of rotatable bonds is 5. The van der Waals surface area contributed by atoms with Crippen LogP contribution in [0.15, 0.2) is 12.1 Å². The summed E-state index contributed by atoms with van der Waals surface area (Å²) in [5.74, 6) is 1.87. The summed E-state index contributed by atoms with van der Waals surface area (Å²) in [6.07, 6.45) is 8.05. The van der Waals surface area contributed by atoms with E-state index in [0.29, 0.717) is 0 Å². The van der Waals surface area contributed by atoms with Gasteiger partial charge in [0.2, 0.25) is 0 Å². The lowest BCUT2D eigenvalue weighted by molar-refractivity contribution is 0.174. The number of halogens is 1. The molecule has 1 aromatic heterocycles. The molecule has 0 spiro atoms. The topological polar surface area (TPSA) is 28.2 Å². The van der Waals surface area contributed by atoms with E-state index in [9.17, 15) is 0 Å². The zero-order valence-corrected chi connectivity index (χ0v) is 13.7. The van der Waals surface area contributed by atoms with Gasteiger partial charge >= 0.3 is 0 Å². The lowest BCUT2D eigenvalue weighted by Crippen LogP contribution is -2.34. The van der Waals surface area contributed by atoms with Crippen molar-refractivity contribution in [2.75, 3.05) is 18.4 Å². The smallest absolute Gasteiger partial charge is 0.126 e. The molecule has 3 rings (SSSR count). The summed E-state index contributed by atoms with van der Waals surface area (Å²) in [6, 6.07) is 4.73. The van der Waals surface area contributed by atoms with Gasteiger partial charge in [-0.3, -0.25) is 4.90 Å². The van der Waals surface area contributed by atoms with Gasteiger partial charge in [0.05, 0.1) is 10.7 Å². The van der Waals surface area contributed by atoms with E-state index in [0.717, 1.165) is 48.0 Å². The minimum absolute atomic E-state index is 0.767. The highest BCUT2D eigenvalue weighted by molar-refractivity contribution is 6.31. The Bertz CT molecular complexity index is 477. The van der Waals surface area contributed by atoms with Crippen LogP contribution in [0.4, 0.5) is 5.82 Å². The molecule has 4 heteroatoms. The molecule has 0 aromatic carbocycles. The van der Waals surface area contributed by atoms with Crippen molar-refractivity contribution < 1.29 is 0 Å². The van der Waals surface area contributed by atoms with E-state index >= 15 is 0 Å². The molecule has 1 aliphatic carbocycles. The van der Waals surface area contributed by atoms with Crippen molar-refractivity contribution in [1.29, 1.82) is 0 Å². The summed E-state index contributed by atoms with van der Waals surface area (Å²) in [5.41, 5.74) is 1.03. The molecule has 0 bridgehead atoms. The molecule has 1 N–H and O–H groups in total. The Labute approximate surface area is 133 Å². The van der Waals surface area contributed by atoms with Gasteiger partial charge in [0.15, 0.2) is 0 Å². The molecule has 0 amide bonds. The Hall–Kier alpha value is -0.800.